The van der Waals surface area contributed by atoms with Crippen LogP contribution in [0.1, 0.15) is 55.3 Å². The Morgan fingerprint density at radius 1 is 0.868 bits per heavy atom. The summed E-state index contributed by atoms with van der Waals surface area (Å²) in [6.45, 7) is 11.3. The number of nitro benzene ring substituents is 2. The van der Waals surface area contributed by atoms with Gasteiger partial charge in [0.05, 0.1) is 35.2 Å². The van der Waals surface area contributed by atoms with Gasteiger partial charge in [-0.15, -0.1) is 0 Å². The van der Waals surface area contributed by atoms with Gasteiger partial charge in [-0.2, -0.15) is 0 Å². The van der Waals surface area contributed by atoms with Gasteiger partial charge in [-0.3, -0.25) is 29.9 Å². The molecule has 1 saturated heterocycles. The number of methoxy groups -OCH3 is 2. The molecule has 0 aromatic heterocycles. The Bertz CT molecular complexity index is 1800. The van der Waals surface area contributed by atoms with Gasteiger partial charge in [0.15, 0.2) is 17.1 Å². The maximum Gasteiger partial charge on any atom is 0.410 e. The van der Waals surface area contributed by atoms with Crippen molar-refractivity contribution in [2.24, 2.45) is 5.73 Å². The Kier molecular flexibility index (Phi) is 14.0. The Morgan fingerprint density at radius 2 is 1.40 bits per heavy atom. The van der Waals surface area contributed by atoms with Gasteiger partial charge in [0.1, 0.15) is 18.0 Å². The molecule has 18 nitrogen and oxygen atoms in total. The number of esters is 1. The van der Waals surface area contributed by atoms with Gasteiger partial charge in [-0.25, -0.2) is 9.59 Å². The summed E-state index contributed by atoms with van der Waals surface area (Å²) in [7, 11) is 2.45. The highest BCUT2D eigenvalue weighted by atomic mass is 16.6. The number of anilines is 2. The molecule has 0 spiro atoms. The first-order valence-corrected chi connectivity index (χ1v) is 16.4. The molecule has 0 unspecified atom stereocenters. The van der Waals surface area contributed by atoms with Crippen LogP contribution in [0.5, 0.6) is 11.5 Å². The van der Waals surface area contributed by atoms with Crippen LogP contribution in [0.2, 0.25) is 0 Å². The van der Waals surface area contributed by atoms with Crippen LogP contribution >= 0.6 is 0 Å². The fourth-order valence-electron chi connectivity index (χ4n) is 5.21. The molecular formula is C35H45N7O11. The summed E-state index contributed by atoms with van der Waals surface area (Å²) in [5.74, 6) is 4.48. The molecule has 2 aromatic rings. The smallest absolute Gasteiger partial charge is 0.410 e. The van der Waals surface area contributed by atoms with Crippen molar-refractivity contribution in [3.05, 3.63) is 67.8 Å². The number of ether oxygens (including phenoxy) is 4. The normalized spacial score (nSPS) is 13.4. The Balaban J connectivity index is 1.71. The molecule has 0 bridgehead atoms. The van der Waals surface area contributed by atoms with Crippen molar-refractivity contribution in [1.82, 2.24) is 9.80 Å². The lowest BCUT2D eigenvalue weighted by molar-refractivity contribution is -0.384. The van der Waals surface area contributed by atoms with Gasteiger partial charge in [0.25, 0.3) is 11.4 Å². The summed E-state index contributed by atoms with van der Waals surface area (Å²) in [6.07, 6.45) is 2.85. The Hall–Kier alpha value is -6.09. The molecule has 0 atom stereocenters. The molecule has 1 aliphatic heterocycles. The number of nitrogens with one attached hydrogen (secondary N) is 2. The third-order valence-corrected chi connectivity index (χ3v) is 7.86. The zero-order chi connectivity index (χ0) is 39.5. The predicted molar refractivity (Wildman–Crippen MR) is 195 cm³/mol. The SMILES string of the molecule is COC(=O)c1cc(OC)c(NC/C=C/CNc2c(OCC#CC(C)(C)N3CCN(C(=O)OC(C)(C)C)CC3)cc(C(N)=O)cc2[N+](=O)[O-])c([N+](=O)[O-])c1. The van der Waals surface area contributed by atoms with Gasteiger partial charge in [0.2, 0.25) is 5.91 Å². The van der Waals surface area contributed by atoms with Crippen LogP contribution in [0.4, 0.5) is 27.5 Å². The van der Waals surface area contributed by atoms with Crippen molar-refractivity contribution in [3.8, 4) is 23.3 Å². The number of nitrogens with two attached hydrogens (primary N) is 1. The summed E-state index contributed by atoms with van der Waals surface area (Å²) < 4.78 is 21.2. The summed E-state index contributed by atoms with van der Waals surface area (Å²) in [5, 5.41) is 29.5. The van der Waals surface area contributed by atoms with E-state index in [9.17, 15) is 34.6 Å². The minimum absolute atomic E-state index is 0.0207. The van der Waals surface area contributed by atoms with Crippen LogP contribution in [-0.2, 0) is 9.47 Å². The van der Waals surface area contributed by atoms with Crippen molar-refractivity contribution in [1.29, 1.82) is 0 Å². The standard InChI is InChI=1S/C35H45N7O11/c1-34(2,3)53-33(45)39-14-16-40(17-15-39)35(4,5)11-10-18-52-28-21-23(31(36)43)19-25(41(46)47)30(28)38-13-9-8-12-37-29-26(42(48)49)20-24(32(44)51-7)22-27(29)50-6/h8-9,19-22,37-38H,12-18H2,1-7H3,(H2,36,43)/b9-8+. The lowest BCUT2D eigenvalue weighted by Gasteiger charge is -2.41. The van der Waals surface area contributed by atoms with Crippen molar-refractivity contribution >= 4 is 40.7 Å². The van der Waals surface area contributed by atoms with Crippen LogP contribution in [0, 0.1) is 32.1 Å². The van der Waals surface area contributed by atoms with E-state index >= 15 is 0 Å². The minimum atomic E-state index is -0.891. The van der Waals surface area contributed by atoms with Crippen LogP contribution in [0.25, 0.3) is 0 Å². The molecule has 4 N–H and O–H groups in total. The zero-order valence-corrected chi connectivity index (χ0v) is 30.8. The van der Waals surface area contributed by atoms with Gasteiger partial charge >= 0.3 is 12.1 Å². The van der Waals surface area contributed by atoms with Gasteiger partial charge in [0, 0.05) is 57.0 Å². The van der Waals surface area contributed by atoms with E-state index in [0.29, 0.717) is 26.2 Å². The molecule has 53 heavy (non-hydrogen) atoms. The number of amides is 2. The highest BCUT2D eigenvalue weighted by molar-refractivity contribution is 5.96. The van der Waals surface area contributed by atoms with Crippen LogP contribution in [0.15, 0.2) is 36.4 Å². The zero-order valence-electron chi connectivity index (χ0n) is 30.8. The second-order valence-corrected chi connectivity index (χ2v) is 13.1. The summed E-state index contributed by atoms with van der Waals surface area (Å²) in [6, 6.07) is 4.70. The third-order valence-electron chi connectivity index (χ3n) is 7.86. The highest BCUT2D eigenvalue weighted by Crippen LogP contribution is 2.37. The number of primary amides is 1. The molecule has 286 valence electrons. The second kappa shape index (κ2) is 17.9. The number of carbonyl (C=O) groups is 3. The molecule has 3 rings (SSSR count). The van der Waals surface area contributed by atoms with E-state index in [-0.39, 0.29) is 59.8 Å². The van der Waals surface area contributed by atoms with Crippen molar-refractivity contribution < 1.29 is 43.2 Å². The van der Waals surface area contributed by atoms with Crippen molar-refractivity contribution in [3.63, 3.8) is 0 Å². The summed E-state index contributed by atoms with van der Waals surface area (Å²) in [4.78, 5) is 62.6. The fraction of sp³-hybridized carbons (Fsp3) is 0.457. The fourth-order valence-corrected chi connectivity index (χ4v) is 5.21. The van der Waals surface area contributed by atoms with Crippen LogP contribution < -0.4 is 25.8 Å². The molecule has 1 aliphatic rings. The molecule has 2 aromatic carbocycles. The van der Waals surface area contributed by atoms with Crippen molar-refractivity contribution in [2.75, 3.05) is 70.7 Å². The molecule has 1 fully saturated rings. The van der Waals surface area contributed by atoms with E-state index in [2.05, 4.69) is 32.1 Å². The first kappa shape index (κ1) is 41.3. The van der Waals surface area contributed by atoms with Crippen LogP contribution in [-0.4, -0.2) is 109 Å². The van der Waals surface area contributed by atoms with Crippen molar-refractivity contribution in [2.45, 2.75) is 45.8 Å². The van der Waals surface area contributed by atoms with E-state index in [1.54, 1.807) is 17.1 Å². The molecule has 18 heteroatoms. The highest BCUT2D eigenvalue weighted by Gasteiger charge is 2.32. The molecule has 0 radical (unpaired) electrons. The van der Waals surface area contributed by atoms with E-state index in [1.807, 2.05) is 34.6 Å². The average molecular weight is 740 g/mol. The lowest BCUT2D eigenvalue weighted by atomic mass is 10.0. The second-order valence-electron chi connectivity index (χ2n) is 13.1. The van der Waals surface area contributed by atoms with E-state index < -0.39 is 44.2 Å². The number of hydrogen-bond acceptors (Lipinski definition) is 14. The quantitative estimate of drug-likeness (QED) is 0.0811. The monoisotopic (exact) mass is 739 g/mol. The molecule has 2 amide bonds. The molecule has 0 aliphatic carbocycles. The Morgan fingerprint density at radius 3 is 1.89 bits per heavy atom. The molecule has 1 heterocycles. The number of hydrogen-bond donors (Lipinski definition) is 3. The Labute approximate surface area is 306 Å². The van der Waals surface area contributed by atoms with Gasteiger partial charge in [-0.1, -0.05) is 24.0 Å². The van der Waals surface area contributed by atoms with E-state index in [4.69, 9.17) is 19.9 Å². The lowest BCUT2D eigenvalue weighted by Crippen LogP contribution is -2.55. The maximum absolute atomic E-state index is 12.5. The van der Waals surface area contributed by atoms with Gasteiger partial charge < -0.3 is 40.2 Å². The van der Waals surface area contributed by atoms with E-state index in [0.717, 1.165) is 19.2 Å². The van der Waals surface area contributed by atoms with Crippen LogP contribution in [0.3, 0.4) is 0 Å². The summed E-state index contributed by atoms with van der Waals surface area (Å²) in [5.41, 5.74) is 3.20. The minimum Gasteiger partial charge on any atom is -0.494 e. The topological polar surface area (TPSA) is 231 Å². The first-order chi connectivity index (χ1) is 24.9. The van der Waals surface area contributed by atoms with Gasteiger partial charge in [-0.05, 0) is 46.8 Å². The predicted octanol–water partition coefficient (Wildman–Crippen LogP) is 4.19. The third kappa shape index (κ3) is 11.5. The number of piperazine rings is 1. The number of benzene rings is 2. The number of nitro groups is 2. The average Bonchev–Trinajstić information content (AvgIpc) is 3.10. The first-order valence-electron chi connectivity index (χ1n) is 16.4. The number of rotatable bonds is 14. The number of nitrogens with zero attached hydrogens (tertiary/aromatic N) is 4. The molecule has 0 saturated carbocycles. The molecular weight excluding hydrogens is 694 g/mol. The van der Waals surface area contributed by atoms with E-state index in [1.165, 1.54) is 19.2 Å². The number of carbonyl (C=O) groups excluding carboxylic acids is 3. The maximum atomic E-state index is 12.5. The largest absolute Gasteiger partial charge is 0.494 e. The summed E-state index contributed by atoms with van der Waals surface area (Å²) >= 11 is 0.